The SMILES string of the molecule is COc1cc(/C=N/NC(=O)Cc2ccc(C)cc2C)cc(Br)c1O. The molecule has 0 bridgehead atoms. The number of carbonyl (C=O) groups excluding carboxylic acids is 1. The van der Waals surface area contributed by atoms with E-state index in [2.05, 4.69) is 26.5 Å². The number of rotatable bonds is 5. The number of halogens is 1. The minimum absolute atomic E-state index is 0.0218. The minimum Gasteiger partial charge on any atom is -0.503 e. The maximum Gasteiger partial charge on any atom is 0.244 e. The lowest BCUT2D eigenvalue weighted by Crippen LogP contribution is -2.20. The zero-order valence-corrected chi connectivity index (χ0v) is 15.3. The standard InChI is InChI=1S/C18H19BrN2O3/c1-11-4-5-14(12(2)6-11)9-17(22)21-20-10-13-7-15(19)18(23)16(8-13)24-3/h4-8,10,23H,9H2,1-3H3,(H,21,22)/b20-10+. The molecule has 0 aliphatic heterocycles. The van der Waals surface area contributed by atoms with Crippen molar-refractivity contribution in [2.45, 2.75) is 20.3 Å². The van der Waals surface area contributed by atoms with E-state index in [9.17, 15) is 9.90 Å². The normalized spacial score (nSPS) is 10.8. The van der Waals surface area contributed by atoms with E-state index in [1.54, 1.807) is 12.1 Å². The van der Waals surface area contributed by atoms with Crippen molar-refractivity contribution in [1.29, 1.82) is 0 Å². The molecule has 0 spiro atoms. The van der Waals surface area contributed by atoms with Crippen molar-refractivity contribution in [3.8, 4) is 11.5 Å². The van der Waals surface area contributed by atoms with Crippen molar-refractivity contribution in [1.82, 2.24) is 5.43 Å². The molecule has 6 heteroatoms. The quantitative estimate of drug-likeness (QED) is 0.606. The van der Waals surface area contributed by atoms with Crippen LogP contribution in [0.3, 0.4) is 0 Å². The highest BCUT2D eigenvalue weighted by Crippen LogP contribution is 2.34. The Morgan fingerprint density at radius 3 is 2.75 bits per heavy atom. The number of hydrazone groups is 1. The predicted octanol–water partition coefficient (Wildman–Crippen LogP) is 3.47. The van der Waals surface area contributed by atoms with Crippen LogP contribution in [-0.4, -0.2) is 24.3 Å². The van der Waals surface area contributed by atoms with Crippen LogP contribution in [-0.2, 0) is 11.2 Å². The molecule has 0 fully saturated rings. The number of hydrogen-bond donors (Lipinski definition) is 2. The highest BCUT2D eigenvalue weighted by atomic mass is 79.9. The van der Waals surface area contributed by atoms with E-state index in [1.807, 2.05) is 32.0 Å². The van der Waals surface area contributed by atoms with Gasteiger partial charge in [0.25, 0.3) is 0 Å². The fraction of sp³-hybridized carbons (Fsp3) is 0.222. The molecule has 2 aromatic carbocycles. The van der Waals surface area contributed by atoms with Gasteiger partial charge in [0.05, 0.1) is 24.2 Å². The zero-order chi connectivity index (χ0) is 17.7. The van der Waals surface area contributed by atoms with Gasteiger partial charge in [0.15, 0.2) is 11.5 Å². The topological polar surface area (TPSA) is 70.9 Å². The van der Waals surface area contributed by atoms with Gasteiger partial charge in [-0.1, -0.05) is 23.8 Å². The molecule has 0 heterocycles. The largest absolute Gasteiger partial charge is 0.503 e. The molecule has 0 saturated heterocycles. The summed E-state index contributed by atoms with van der Waals surface area (Å²) in [6, 6.07) is 9.29. The second-order valence-corrected chi connectivity index (χ2v) is 6.31. The number of amides is 1. The number of ether oxygens (including phenoxy) is 1. The maximum atomic E-state index is 12.0. The minimum atomic E-state index is -0.192. The van der Waals surface area contributed by atoms with Gasteiger partial charge in [-0.2, -0.15) is 5.10 Å². The third-order valence-corrected chi connectivity index (χ3v) is 4.13. The summed E-state index contributed by atoms with van der Waals surface area (Å²) in [5.74, 6) is 0.156. The second kappa shape index (κ2) is 7.97. The van der Waals surface area contributed by atoms with Gasteiger partial charge in [-0.05, 0) is 58.6 Å². The molecule has 0 atom stereocenters. The van der Waals surface area contributed by atoms with Gasteiger partial charge in [0, 0.05) is 0 Å². The average Bonchev–Trinajstić information content (AvgIpc) is 2.53. The smallest absolute Gasteiger partial charge is 0.244 e. The molecule has 1 amide bonds. The molecule has 2 rings (SSSR count). The lowest BCUT2D eigenvalue weighted by atomic mass is 10.0. The number of aryl methyl sites for hydroxylation is 2. The lowest BCUT2D eigenvalue weighted by Gasteiger charge is -2.07. The Morgan fingerprint density at radius 1 is 1.33 bits per heavy atom. The van der Waals surface area contributed by atoms with Crippen LogP contribution in [0.15, 0.2) is 39.9 Å². The number of phenolic OH excluding ortho intramolecular Hbond substituents is 1. The molecule has 0 unspecified atom stereocenters. The fourth-order valence-electron chi connectivity index (χ4n) is 2.26. The molecule has 0 saturated carbocycles. The summed E-state index contributed by atoms with van der Waals surface area (Å²) in [5, 5.41) is 13.7. The number of nitrogens with one attached hydrogen (secondary N) is 1. The van der Waals surface area contributed by atoms with Crippen LogP contribution in [0.4, 0.5) is 0 Å². The molecule has 0 aliphatic carbocycles. The van der Waals surface area contributed by atoms with Gasteiger partial charge in [-0.15, -0.1) is 0 Å². The van der Waals surface area contributed by atoms with Crippen molar-refractivity contribution in [3.05, 3.63) is 57.1 Å². The first kappa shape index (κ1) is 18.0. The Kier molecular flexibility index (Phi) is 5.98. The number of benzene rings is 2. The number of carbonyl (C=O) groups is 1. The predicted molar refractivity (Wildman–Crippen MR) is 97.7 cm³/mol. The molecule has 2 aromatic rings. The Hall–Kier alpha value is -2.34. The van der Waals surface area contributed by atoms with Crippen molar-refractivity contribution in [3.63, 3.8) is 0 Å². The highest BCUT2D eigenvalue weighted by Gasteiger charge is 2.08. The summed E-state index contributed by atoms with van der Waals surface area (Å²) in [5.41, 5.74) is 6.42. The van der Waals surface area contributed by atoms with Crippen molar-refractivity contribution < 1.29 is 14.6 Å². The molecule has 0 radical (unpaired) electrons. The van der Waals surface area contributed by atoms with Crippen LogP contribution < -0.4 is 10.2 Å². The first-order chi connectivity index (χ1) is 11.4. The van der Waals surface area contributed by atoms with Gasteiger partial charge < -0.3 is 9.84 Å². The maximum absolute atomic E-state index is 12.0. The third-order valence-electron chi connectivity index (χ3n) is 3.52. The van der Waals surface area contributed by atoms with Crippen LogP contribution in [0.5, 0.6) is 11.5 Å². The summed E-state index contributed by atoms with van der Waals surface area (Å²) in [4.78, 5) is 12.0. The highest BCUT2D eigenvalue weighted by molar-refractivity contribution is 9.10. The Morgan fingerprint density at radius 2 is 2.08 bits per heavy atom. The molecular formula is C18H19BrN2O3. The Bertz CT molecular complexity index is 788. The van der Waals surface area contributed by atoms with Crippen molar-refractivity contribution >= 4 is 28.1 Å². The molecular weight excluding hydrogens is 372 g/mol. The van der Waals surface area contributed by atoms with E-state index in [-0.39, 0.29) is 18.1 Å². The van der Waals surface area contributed by atoms with Crippen molar-refractivity contribution in [2.75, 3.05) is 7.11 Å². The summed E-state index contributed by atoms with van der Waals surface area (Å²) in [7, 11) is 1.47. The molecule has 0 aromatic heterocycles. The van der Waals surface area contributed by atoms with E-state index < -0.39 is 0 Å². The Labute approximate surface area is 149 Å². The van der Waals surface area contributed by atoms with Crippen LogP contribution in [0.25, 0.3) is 0 Å². The average molecular weight is 391 g/mol. The number of aromatic hydroxyl groups is 1. The van der Waals surface area contributed by atoms with E-state index in [1.165, 1.54) is 18.9 Å². The molecule has 24 heavy (non-hydrogen) atoms. The second-order valence-electron chi connectivity index (χ2n) is 5.45. The monoisotopic (exact) mass is 390 g/mol. The summed E-state index contributed by atoms with van der Waals surface area (Å²) in [6.07, 6.45) is 1.76. The van der Waals surface area contributed by atoms with Gasteiger partial charge >= 0.3 is 0 Å². The third kappa shape index (κ3) is 4.58. The van der Waals surface area contributed by atoms with Crippen LogP contribution in [0, 0.1) is 13.8 Å². The van der Waals surface area contributed by atoms with Crippen LogP contribution >= 0.6 is 15.9 Å². The van der Waals surface area contributed by atoms with Gasteiger partial charge in [-0.25, -0.2) is 5.43 Å². The summed E-state index contributed by atoms with van der Waals surface area (Å²) < 4.78 is 5.56. The molecule has 0 aliphatic rings. The van der Waals surface area contributed by atoms with E-state index in [0.717, 1.165) is 11.1 Å². The van der Waals surface area contributed by atoms with Gasteiger partial charge in [0.2, 0.25) is 5.91 Å². The first-order valence-corrected chi connectivity index (χ1v) is 8.14. The first-order valence-electron chi connectivity index (χ1n) is 7.35. The molecule has 2 N–H and O–H groups in total. The molecule has 126 valence electrons. The summed E-state index contributed by atoms with van der Waals surface area (Å²) >= 11 is 3.24. The van der Waals surface area contributed by atoms with E-state index in [0.29, 0.717) is 15.8 Å². The van der Waals surface area contributed by atoms with Gasteiger partial charge in [0.1, 0.15) is 0 Å². The number of nitrogens with zero attached hydrogens (tertiary/aromatic N) is 1. The molecule has 5 nitrogen and oxygen atoms in total. The van der Waals surface area contributed by atoms with Gasteiger partial charge in [-0.3, -0.25) is 4.79 Å². The van der Waals surface area contributed by atoms with Crippen LogP contribution in [0.1, 0.15) is 22.3 Å². The summed E-state index contributed by atoms with van der Waals surface area (Å²) in [6.45, 7) is 4.00. The van der Waals surface area contributed by atoms with Crippen molar-refractivity contribution in [2.24, 2.45) is 5.10 Å². The number of phenols is 1. The Balaban J connectivity index is 2.01. The fourth-order valence-corrected chi connectivity index (χ4v) is 2.72. The lowest BCUT2D eigenvalue weighted by molar-refractivity contribution is -0.120. The number of hydrogen-bond acceptors (Lipinski definition) is 4. The van der Waals surface area contributed by atoms with E-state index in [4.69, 9.17) is 4.74 Å². The number of methoxy groups -OCH3 is 1. The van der Waals surface area contributed by atoms with Crippen LogP contribution in [0.2, 0.25) is 0 Å². The zero-order valence-electron chi connectivity index (χ0n) is 13.8. The van der Waals surface area contributed by atoms with E-state index >= 15 is 0 Å².